The average Bonchev–Trinajstić information content (AvgIpc) is 2.46. The Hall–Kier alpha value is -1.40. The fourth-order valence-corrected chi connectivity index (χ4v) is 2.20. The Labute approximate surface area is 114 Å². The van der Waals surface area contributed by atoms with Crippen molar-refractivity contribution in [1.29, 1.82) is 0 Å². The highest BCUT2D eigenvalue weighted by atomic mass is 16.5. The number of anilines is 2. The first-order valence-electron chi connectivity index (χ1n) is 6.98. The van der Waals surface area contributed by atoms with Gasteiger partial charge < -0.3 is 15.5 Å². The van der Waals surface area contributed by atoms with Crippen LogP contribution < -0.4 is 16.6 Å². The summed E-state index contributed by atoms with van der Waals surface area (Å²) in [6, 6.07) is 1.85. The number of aromatic nitrogens is 2. The van der Waals surface area contributed by atoms with Gasteiger partial charge in [-0.3, -0.25) is 0 Å². The second-order valence-electron chi connectivity index (χ2n) is 4.89. The standard InChI is InChI=1S/C13H23N5O/c1-2-3-11-16-12(8-13(17-11)18-14)15-9-10-4-6-19-7-5-10/h8,10H,2-7,9,14H2,1H3,(H2,15,16,17,18). The van der Waals surface area contributed by atoms with Crippen LogP contribution in [0.2, 0.25) is 0 Å². The topological polar surface area (TPSA) is 85.1 Å². The lowest BCUT2D eigenvalue weighted by Gasteiger charge is -2.22. The van der Waals surface area contributed by atoms with Crippen LogP contribution in [0.15, 0.2) is 6.07 Å². The van der Waals surface area contributed by atoms with Crippen molar-refractivity contribution in [3.63, 3.8) is 0 Å². The van der Waals surface area contributed by atoms with Crippen molar-refractivity contribution >= 4 is 11.6 Å². The zero-order valence-electron chi connectivity index (χ0n) is 11.5. The van der Waals surface area contributed by atoms with Crippen molar-refractivity contribution in [2.24, 2.45) is 11.8 Å². The summed E-state index contributed by atoms with van der Waals surface area (Å²) in [5.74, 6) is 8.43. The Kier molecular flexibility index (Phi) is 5.35. The molecule has 2 heterocycles. The zero-order valence-corrected chi connectivity index (χ0v) is 11.5. The lowest BCUT2D eigenvalue weighted by atomic mass is 10.0. The summed E-state index contributed by atoms with van der Waals surface area (Å²) < 4.78 is 5.36. The molecule has 1 aliphatic rings. The lowest BCUT2D eigenvalue weighted by molar-refractivity contribution is 0.0699. The molecule has 1 saturated heterocycles. The third kappa shape index (κ3) is 4.33. The number of nitrogen functional groups attached to an aromatic ring is 1. The van der Waals surface area contributed by atoms with Gasteiger partial charge in [0.15, 0.2) is 0 Å². The second-order valence-corrected chi connectivity index (χ2v) is 4.89. The minimum absolute atomic E-state index is 0.660. The van der Waals surface area contributed by atoms with Gasteiger partial charge in [0.05, 0.1) is 0 Å². The minimum atomic E-state index is 0.660. The van der Waals surface area contributed by atoms with Crippen LogP contribution in [0.4, 0.5) is 11.6 Å². The van der Waals surface area contributed by atoms with Gasteiger partial charge in [0.25, 0.3) is 0 Å². The highest BCUT2D eigenvalue weighted by molar-refractivity contribution is 5.46. The zero-order chi connectivity index (χ0) is 13.5. The Balaban J connectivity index is 1.95. The van der Waals surface area contributed by atoms with Crippen molar-refractivity contribution < 1.29 is 4.74 Å². The van der Waals surface area contributed by atoms with Crippen LogP contribution in [-0.2, 0) is 11.2 Å². The molecule has 2 rings (SSSR count). The molecule has 0 aliphatic carbocycles. The van der Waals surface area contributed by atoms with Gasteiger partial charge in [-0.1, -0.05) is 6.92 Å². The van der Waals surface area contributed by atoms with Crippen LogP contribution in [0.25, 0.3) is 0 Å². The van der Waals surface area contributed by atoms with E-state index in [1.165, 1.54) is 0 Å². The summed E-state index contributed by atoms with van der Waals surface area (Å²) in [5, 5.41) is 3.39. The molecule has 0 amide bonds. The van der Waals surface area contributed by atoms with E-state index in [0.717, 1.165) is 57.1 Å². The van der Waals surface area contributed by atoms with E-state index in [1.807, 2.05) is 6.07 Å². The summed E-state index contributed by atoms with van der Waals surface area (Å²) in [7, 11) is 0. The molecule has 106 valence electrons. The third-order valence-electron chi connectivity index (χ3n) is 3.31. The first-order valence-corrected chi connectivity index (χ1v) is 6.98. The summed E-state index contributed by atoms with van der Waals surface area (Å²) >= 11 is 0. The van der Waals surface area contributed by atoms with E-state index in [9.17, 15) is 0 Å². The van der Waals surface area contributed by atoms with E-state index in [0.29, 0.717) is 11.7 Å². The molecule has 6 nitrogen and oxygen atoms in total. The normalized spacial score (nSPS) is 16.3. The van der Waals surface area contributed by atoms with Crippen LogP contribution >= 0.6 is 0 Å². The lowest BCUT2D eigenvalue weighted by Crippen LogP contribution is -2.23. The van der Waals surface area contributed by atoms with Crippen molar-refractivity contribution in [2.75, 3.05) is 30.5 Å². The van der Waals surface area contributed by atoms with Gasteiger partial charge in [-0.2, -0.15) is 0 Å². The largest absolute Gasteiger partial charge is 0.381 e. The molecule has 1 aromatic heterocycles. The smallest absolute Gasteiger partial charge is 0.145 e. The maximum Gasteiger partial charge on any atom is 0.145 e. The molecule has 4 N–H and O–H groups in total. The first-order chi connectivity index (χ1) is 9.31. The molecule has 1 aliphatic heterocycles. The molecular weight excluding hydrogens is 242 g/mol. The molecule has 0 unspecified atom stereocenters. The third-order valence-corrected chi connectivity index (χ3v) is 3.31. The molecule has 6 heteroatoms. The van der Waals surface area contributed by atoms with E-state index < -0.39 is 0 Å². The monoisotopic (exact) mass is 265 g/mol. The molecule has 0 bridgehead atoms. The number of hydrazine groups is 1. The maximum absolute atomic E-state index is 5.44. The van der Waals surface area contributed by atoms with Crippen LogP contribution in [0.3, 0.4) is 0 Å². The van der Waals surface area contributed by atoms with Crippen LogP contribution in [0.5, 0.6) is 0 Å². The first kappa shape index (κ1) is 14.0. The molecular formula is C13H23N5O. The number of nitrogens with zero attached hydrogens (tertiary/aromatic N) is 2. The number of ether oxygens (including phenoxy) is 1. The summed E-state index contributed by atoms with van der Waals surface area (Å²) in [6.45, 7) is 4.77. The highest BCUT2D eigenvalue weighted by Gasteiger charge is 2.14. The summed E-state index contributed by atoms with van der Waals surface area (Å²) in [6.07, 6.45) is 4.11. The van der Waals surface area contributed by atoms with E-state index >= 15 is 0 Å². The average molecular weight is 265 g/mol. The molecule has 0 atom stereocenters. The van der Waals surface area contributed by atoms with Gasteiger partial charge in [-0.05, 0) is 25.2 Å². The fourth-order valence-electron chi connectivity index (χ4n) is 2.20. The summed E-state index contributed by atoms with van der Waals surface area (Å²) in [5.41, 5.74) is 2.59. The molecule has 1 aromatic rings. The highest BCUT2D eigenvalue weighted by Crippen LogP contribution is 2.17. The van der Waals surface area contributed by atoms with Gasteiger partial charge in [-0.25, -0.2) is 15.8 Å². The van der Waals surface area contributed by atoms with Crippen molar-refractivity contribution in [1.82, 2.24) is 9.97 Å². The Morgan fingerprint density at radius 2 is 2.05 bits per heavy atom. The van der Waals surface area contributed by atoms with E-state index in [4.69, 9.17) is 10.6 Å². The molecule has 0 saturated carbocycles. The van der Waals surface area contributed by atoms with Gasteiger partial charge >= 0.3 is 0 Å². The molecule has 19 heavy (non-hydrogen) atoms. The summed E-state index contributed by atoms with van der Waals surface area (Å²) in [4.78, 5) is 8.84. The Morgan fingerprint density at radius 1 is 1.32 bits per heavy atom. The molecule has 0 spiro atoms. The van der Waals surface area contributed by atoms with Gasteiger partial charge in [0.1, 0.15) is 17.5 Å². The van der Waals surface area contributed by atoms with Crippen molar-refractivity contribution in [3.05, 3.63) is 11.9 Å². The van der Waals surface area contributed by atoms with Gasteiger partial charge in [0, 0.05) is 32.2 Å². The molecule has 0 aromatic carbocycles. The van der Waals surface area contributed by atoms with Crippen LogP contribution in [0.1, 0.15) is 32.0 Å². The number of rotatable bonds is 6. The van der Waals surface area contributed by atoms with Crippen molar-refractivity contribution in [2.45, 2.75) is 32.6 Å². The molecule has 1 fully saturated rings. The number of nitrogens with two attached hydrogens (primary N) is 1. The minimum Gasteiger partial charge on any atom is -0.381 e. The van der Waals surface area contributed by atoms with Gasteiger partial charge in [0.2, 0.25) is 0 Å². The van der Waals surface area contributed by atoms with Crippen LogP contribution in [0, 0.1) is 5.92 Å². The quantitative estimate of drug-likeness (QED) is 0.534. The number of nitrogens with one attached hydrogen (secondary N) is 2. The fraction of sp³-hybridized carbons (Fsp3) is 0.692. The van der Waals surface area contributed by atoms with E-state index in [2.05, 4.69) is 27.6 Å². The number of aryl methyl sites for hydroxylation is 1. The van der Waals surface area contributed by atoms with E-state index in [-0.39, 0.29) is 0 Å². The number of hydrogen-bond donors (Lipinski definition) is 3. The van der Waals surface area contributed by atoms with Crippen LogP contribution in [-0.4, -0.2) is 29.7 Å². The van der Waals surface area contributed by atoms with E-state index in [1.54, 1.807) is 0 Å². The molecule has 0 radical (unpaired) electrons. The number of hydrogen-bond acceptors (Lipinski definition) is 6. The second kappa shape index (κ2) is 7.25. The van der Waals surface area contributed by atoms with Gasteiger partial charge in [-0.15, -0.1) is 0 Å². The Morgan fingerprint density at radius 3 is 2.74 bits per heavy atom. The predicted octanol–water partition coefficient (Wildman–Crippen LogP) is 1.55. The maximum atomic E-state index is 5.44. The van der Waals surface area contributed by atoms with Crippen molar-refractivity contribution in [3.8, 4) is 0 Å². The predicted molar refractivity (Wildman–Crippen MR) is 75.9 cm³/mol. The SMILES string of the molecule is CCCc1nc(NN)cc(NCC2CCOCC2)n1. The Bertz CT molecular complexity index is 393.